The lowest BCUT2D eigenvalue weighted by Gasteiger charge is -2.13. The van der Waals surface area contributed by atoms with E-state index >= 15 is 0 Å². The first kappa shape index (κ1) is 12.2. The van der Waals surface area contributed by atoms with Crippen molar-refractivity contribution in [2.45, 2.75) is 6.92 Å². The molecule has 0 aromatic heterocycles. The molecule has 0 unspecified atom stereocenters. The van der Waals surface area contributed by atoms with Gasteiger partial charge in [0.1, 0.15) is 0 Å². The fourth-order valence-corrected chi connectivity index (χ4v) is 0.711. The van der Waals surface area contributed by atoms with Gasteiger partial charge in [0.05, 0.1) is 13.2 Å². The third kappa shape index (κ3) is 9.10. The van der Waals surface area contributed by atoms with Crippen molar-refractivity contribution in [3.05, 3.63) is 0 Å². The minimum absolute atomic E-state index is 0.352. The monoisotopic (exact) mass is 190 g/mol. The fraction of sp³-hybridized carbons (Fsp3) is 0.875. The minimum Gasteiger partial charge on any atom is -0.465 e. The summed E-state index contributed by atoms with van der Waals surface area (Å²) in [6.45, 7) is 5.38. The lowest BCUT2D eigenvalue weighted by molar-refractivity contribution is 0.113. The third-order valence-corrected chi connectivity index (χ3v) is 1.68. The van der Waals surface area contributed by atoms with Crippen molar-refractivity contribution >= 4 is 6.09 Å². The first-order chi connectivity index (χ1) is 6.16. The van der Waals surface area contributed by atoms with E-state index in [9.17, 15) is 4.79 Å². The molecule has 0 aromatic rings. The molecule has 0 heterocycles. The quantitative estimate of drug-likeness (QED) is 0.564. The predicted molar refractivity (Wildman–Crippen MR) is 50.0 cm³/mol. The van der Waals surface area contributed by atoms with Gasteiger partial charge in [0.2, 0.25) is 0 Å². The first-order valence-electron chi connectivity index (χ1n) is 4.40. The van der Waals surface area contributed by atoms with E-state index in [0.29, 0.717) is 19.8 Å². The van der Waals surface area contributed by atoms with Gasteiger partial charge in [-0.15, -0.1) is 0 Å². The molecule has 0 atom stereocenters. The molecule has 0 spiro atoms. The Morgan fingerprint density at radius 3 is 2.77 bits per heavy atom. The summed E-state index contributed by atoms with van der Waals surface area (Å²) in [4.78, 5) is 12.1. The van der Waals surface area contributed by atoms with E-state index in [4.69, 9.17) is 9.84 Å². The lowest BCUT2D eigenvalue weighted by Crippen LogP contribution is -2.27. The maximum Gasteiger partial charge on any atom is 0.404 e. The highest BCUT2D eigenvalue weighted by atomic mass is 16.5. The molecule has 0 saturated heterocycles. The van der Waals surface area contributed by atoms with Crippen molar-refractivity contribution in [2.75, 3.05) is 39.9 Å². The maximum atomic E-state index is 10.0. The molecule has 0 saturated carbocycles. The van der Waals surface area contributed by atoms with E-state index < -0.39 is 6.09 Å². The minimum atomic E-state index is -1.01. The molecule has 0 radical (unpaired) electrons. The highest BCUT2D eigenvalue weighted by Gasteiger charge is 1.95. The van der Waals surface area contributed by atoms with Crippen LogP contribution < -0.4 is 5.32 Å². The molecule has 0 aliphatic carbocycles. The smallest absolute Gasteiger partial charge is 0.404 e. The average Bonchev–Trinajstić information content (AvgIpc) is 2.10. The van der Waals surface area contributed by atoms with Crippen molar-refractivity contribution in [1.29, 1.82) is 0 Å². The summed E-state index contributed by atoms with van der Waals surface area (Å²) in [7, 11) is 2.01. The molecule has 0 aromatic carbocycles. The highest BCUT2D eigenvalue weighted by molar-refractivity contribution is 5.64. The second-order valence-electron chi connectivity index (χ2n) is 2.74. The molecule has 0 fully saturated rings. The van der Waals surface area contributed by atoms with Gasteiger partial charge in [0.25, 0.3) is 0 Å². The van der Waals surface area contributed by atoms with E-state index in [1.165, 1.54) is 0 Å². The van der Waals surface area contributed by atoms with Crippen molar-refractivity contribution in [3.63, 3.8) is 0 Å². The largest absolute Gasteiger partial charge is 0.465 e. The highest BCUT2D eigenvalue weighted by Crippen LogP contribution is 1.81. The normalized spacial score (nSPS) is 10.4. The summed E-state index contributed by atoms with van der Waals surface area (Å²) >= 11 is 0. The summed E-state index contributed by atoms with van der Waals surface area (Å²) in [5, 5.41) is 10.4. The number of ether oxygens (including phenoxy) is 1. The van der Waals surface area contributed by atoms with Crippen LogP contribution in [0.3, 0.4) is 0 Å². The Hall–Kier alpha value is -0.810. The molecule has 0 bridgehead atoms. The van der Waals surface area contributed by atoms with E-state index in [1.807, 2.05) is 7.05 Å². The molecule has 1 amide bonds. The van der Waals surface area contributed by atoms with E-state index in [2.05, 4.69) is 17.1 Å². The van der Waals surface area contributed by atoms with Gasteiger partial charge in [-0.3, -0.25) is 0 Å². The van der Waals surface area contributed by atoms with Crippen molar-refractivity contribution in [1.82, 2.24) is 10.2 Å². The summed E-state index contributed by atoms with van der Waals surface area (Å²) in [6, 6.07) is 0. The summed E-state index contributed by atoms with van der Waals surface area (Å²) < 4.78 is 5.19. The van der Waals surface area contributed by atoms with Gasteiger partial charge in [-0.25, -0.2) is 4.79 Å². The van der Waals surface area contributed by atoms with Crippen LogP contribution in [0.25, 0.3) is 0 Å². The molecule has 0 rings (SSSR count). The zero-order valence-electron chi connectivity index (χ0n) is 8.25. The van der Waals surface area contributed by atoms with E-state index in [1.54, 1.807) is 0 Å². The summed E-state index contributed by atoms with van der Waals surface area (Å²) in [5.41, 5.74) is 0. The number of likely N-dealkylation sites (N-methyl/N-ethyl adjacent to an activating group) is 1. The lowest BCUT2D eigenvalue weighted by atomic mass is 10.5. The number of amides is 1. The molecular formula is C8H18N2O3. The zero-order valence-corrected chi connectivity index (χ0v) is 8.25. The summed E-state index contributed by atoms with van der Waals surface area (Å²) in [5.74, 6) is 0. The van der Waals surface area contributed by atoms with Crippen molar-refractivity contribution < 1.29 is 14.6 Å². The van der Waals surface area contributed by atoms with Gasteiger partial charge < -0.3 is 20.1 Å². The number of nitrogens with one attached hydrogen (secondary N) is 1. The van der Waals surface area contributed by atoms with Crippen LogP contribution in [-0.4, -0.2) is 56.0 Å². The van der Waals surface area contributed by atoms with Gasteiger partial charge in [-0.05, 0) is 13.6 Å². The Balaban J connectivity index is 3.04. The fourth-order valence-electron chi connectivity index (χ4n) is 0.711. The number of hydrogen-bond donors (Lipinski definition) is 2. The molecule has 0 aliphatic rings. The molecule has 2 N–H and O–H groups in total. The Labute approximate surface area is 78.7 Å². The molecule has 13 heavy (non-hydrogen) atoms. The van der Waals surface area contributed by atoms with Crippen LogP contribution in [-0.2, 0) is 4.74 Å². The standard InChI is InChI=1S/C8H18N2O3/c1-3-10(2)5-7-13-6-4-9-8(11)12/h9H,3-7H2,1-2H3,(H,11,12). The van der Waals surface area contributed by atoms with Crippen LogP contribution in [0.15, 0.2) is 0 Å². The number of carbonyl (C=O) groups is 1. The Morgan fingerprint density at radius 2 is 2.23 bits per heavy atom. The van der Waals surface area contributed by atoms with Crippen molar-refractivity contribution in [2.24, 2.45) is 0 Å². The molecule has 78 valence electrons. The number of hydrogen-bond acceptors (Lipinski definition) is 3. The van der Waals surface area contributed by atoms with Crippen LogP contribution >= 0.6 is 0 Å². The van der Waals surface area contributed by atoms with Crippen LogP contribution in [0.5, 0.6) is 0 Å². The molecule has 5 heteroatoms. The van der Waals surface area contributed by atoms with Crippen LogP contribution in [0.1, 0.15) is 6.92 Å². The molecular weight excluding hydrogens is 172 g/mol. The van der Waals surface area contributed by atoms with Crippen LogP contribution in [0.4, 0.5) is 4.79 Å². The molecule has 5 nitrogen and oxygen atoms in total. The Bertz CT molecular complexity index is 141. The van der Waals surface area contributed by atoms with Crippen LogP contribution in [0.2, 0.25) is 0 Å². The van der Waals surface area contributed by atoms with Gasteiger partial charge in [-0.1, -0.05) is 6.92 Å². The van der Waals surface area contributed by atoms with Crippen LogP contribution in [0, 0.1) is 0 Å². The van der Waals surface area contributed by atoms with Gasteiger partial charge in [0.15, 0.2) is 0 Å². The number of nitrogens with zero attached hydrogens (tertiary/aromatic N) is 1. The van der Waals surface area contributed by atoms with Crippen molar-refractivity contribution in [3.8, 4) is 0 Å². The van der Waals surface area contributed by atoms with Gasteiger partial charge in [-0.2, -0.15) is 0 Å². The summed E-state index contributed by atoms with van der Waals surface area (Å²) in [6.07, 6.45) is -1.01. The maximum absolute atomic E-state index is 10.0. The van der Waals surface area contributed by atoms with Gasteiger partial charge >= 0.3 is 6.09 Å². The predicted octanol–water partition coefficient (Wildman–Crippen LogP) is 0.222. The first-order valence-corrected chi connectivity index (χ1v) is 4.40. The molecule has 0 aliphatic heterocycles. The SMILES string of the molecule is CCN(C)CCOCCNC(=O)O. The van der Waals surface area contributed by atoms with E-state index in [0.717, 1.165) is 13.1 Å². The second kappa shape index (κ2) is 7.82. The Kier molecular flexibility index (Phi) is 7.33. The average molecular weight is 190 g/mol. The third-order valence-electron chi connectivity index (χ3n) is 1.68. The number of carboxylic acid groups (broad SMARTS) is 1. The number of rotatable bonds is 7. The Morgan fingerprint density at radius 1 is 1.54 bits per heavy atom. The topological polar surface area (TPSA) is 61.8 Å². The van der Waals surface area contributed by atoms with E-state index in [-0.39, 0.29) is 0 Å². The second-order valence-corrected chi connectivity index (χ2v) is 2.74. The zero-order chi connectivity index (χ0) is 10.1. The van der Waals surface area contributed by atoms with Gasteiger partial charge in [0, 0.05) is 13.1 Å².